The SMILES string of the molecule is CCC1CC1(O)c1cc2c(s1)CCC2. The van der Waals surface area contributed by atoms with Crippen molar-refractivity contribution in [2.75, 3.05) is 0 Å². The molecule has 1 heterocycles. The molecule has 2 aliphatic rings. The minimum absolute atomic E-state index is 0.427. The van der Waals surface area contributed by atoms with Crippen molar-refractivity contribution < 1.29 is 5.11 Å². The third kappa shape index (κ3) is 1.10. The largest absolute Gasteiger partial charge is 0.384 e. The zero-order valence-electron chi connectivity index (χ0n) is 8.55. The molecular formula is C12H16OS. The third-order valence-corrected chi connectivity index (χ3v) is 5.14. The lowest BCUT2D eigenvalue weighted by Crippen LogP contribution is -2.05. The summed E-state index contributed by atoms with van der Waals surface area (Å²) in [7, 11) is 0. The van der Waals surface area contributed by atoms with Gasteiger partial charge in [0.2, 0.25) is 0 Å². The minimum atomic E-state index is -0.427. The van der Waals surface area contributed by atoms with Crippen molar-refractivity contribution in [1.29, 1.82) is 0 Å². The van der Waals surface area contributed by atoms with Gasteiger partial charge in [-0.25, -0.2) is 0 Å². The van der Waals surface area contributed by atoms with Crippen LogP contribution >= 0.6 is 11.3 Å². The molecule has 1 aromatic rings. The molecule has 0 amide bonds. The molecule has 0 spiro atoms. The Morgan fingerprint density at radius 3 is 3.07 bits per heavy atom. The predicted molar refractivity (Wildman–Crippen MR) is 58.6 cm³/mol. The van der Waals surface area contributed by atoms with Crippen LogP contribution in [0.15, 0.2) is 6.07 Å². The van der Waals surface area contributed by atoms with E-state index in [1.165, 1.54) is 34.6 Å². The summed E-state index contributed by atoms with van der Waals surface area (Å²) in [5.74, 6) is 0.529. The average Bonchev–Trinajstić information content (AvgIpc) is 2.55. The first kappa shape index (κ1) is 8.93. The van der Waals surface area contributed by atoms with Crippen LogP contribution < -0.4 is 0 Å². The molecule has 2 heteroatoms. The highest BCUT2D eigenvalue weighted by Crippen LogP contribution is 2.56. The summed E-state index contributed by atoms with van der Waals surface area (Å²) in [6.45, 7) is 2.17. The summed E-state index contributed by atoms with van der Waals surface area (Å²) in [5.41, 5.74) is 1.09. The molecule has 0 saturated heterocycles. The zero-order chi connectivity index (χ0) is 9.76. The molecule has 2 aliphatic carbocycles. The molecule has 0 radical (unpaired) electrons. The molecule has 76 valence electrons. The number of rotatable bonds is 2. The predicted octanol–water partition coefficient (Wildman–Crippen LogP) is 2.85. The lowest BCUT2D eigenvalue weighted by atomic mass is 10.1. The fourth-order valence-electron chi connectivity index (χ4n) is 2.64. The van der Waals surface area contributed by atoms with Gasteiger partial charge in [0.15, 0.2) is 0 Å². The van der Waals surface area contributed by atoms with Crippen LogP contribution in [0, 0.1) is 5.92 Å². The van der Waals surface area contributed by atoms with Crippen LogP contribution in [-0.4, -0.2) is 5.11 Å². The van der Waals surface area contributed by atoms with E-state index in [1.807, 2.05) is 11.3 Å². The summed E-state index contributed by atoms with van der Waals surface area (Å²) in [5, 5.41) is 10.3. The van der Waals surface area contributed by atoms with E-state index in [0.717, 1.165) is 12.8 Å². The first-order valence-electron chi connectivity index (χ1n) is 5.58. The number of fused-ring (bicyclic) bond motifs is 1. The second-order valence-electron chi connectivity index (χ2n) is 4.65. The molecule has 3 rings (SSSR count). The summed E-state index contributed by atoms with van der Waals surface area (Å²) in [6.07, 6.45) is 5.89. The molecule has 2 atom stereocenters. The van der Waals surface area contributed by atoms with E-state index in [1.54, 1.807) is 0 Å². The third-order valence-electron chi connectivity index (χ3n) is 3.74. The smallest absolute Gasteiger partial charge is 0.102 e. The van der Waals surface area contributed by atoms with Gasteiger partial charge < -0.3 is 5.11 Å². The second kappa shape index (κ2) is 2.83. The molecule has 0 aromatic carbocycles. The molecule has 0 aliphatic heterocycles. The Labute approximate surface area is 88.8 Å². The Morgan fingerprint density at radius 2 is 2.43 bits per heavy atom. The van der Waals surface area contributed by atoms with Crippen LogP contribution in [0.5, 0.6) is 0 Å². The van der Waals surface area contributed by atoms with E-state index in [9.17, 15) is 5.11 Å². The maximum atomic E-state index is 10.3. The van der Waals surface area contributed by atoms with Gasteiger partial charge in [-0.05, 0) is 43.2 Å². The van der Waals surface area contributed by atoms with Crippen LogP contribution in [0.2, 0.25) is 0 Å². The fourth-order valence-corrected chi connectivity index (χ4v) is 4.07. The van der Waals surface area contributed by atoms with Crippen molar-refractivity contribution in [1.82, 2.24) is 0 Å². The average molecular weight is 208 g/mol. The summed E-state index contributed by atoms with van der Waals surface area (Å²) >= 11 is 1.86. The van der Waals surface area contributed by atoms with Gasteiger partial charge in [0.05, 0.1) is 0 Å². The normalized spacial score (nSPS) is 34.6. The van der Waals surface area contributed by atoms with Crippen LogP contribution in [0.3, 0.4) is 0 Å². The minimum Gasteiger partial charge on any atom is -0.384 e. The fraction of sp³-hybridized carbons (Fsp3) is 0.667. The van der Waals surface area contributed by atoms with Gasteiger partial charge in [-0.3, -0.25) is 0 Å². The van der Waals surface area contributed by atoms with E-state index in [-0.39, 0.29) is 0 Å². The Balaban J connectivity index is 1.91. The van der Waals surface area contributed by atoms with Crippen molar-refractivity contribution in [2.45, 2.75) is 44.6 Å². The molecule has 1 saturated carbocycles. The molecule has 1 N–H and O–H groups in total. The summed E-state index contributed by atoms with van der Waals surface area (Å²) in [6, 6.07) is 2.27. The van der Waals surface area contributed by atoms with Crippen molar-refractivity contribution in [3.8, 4) is 0 Å². The number of aliphatic hydroxyl groups is 1. The van der Waals surface area contributed by atoms with Gasteiger partial charge in [-0.15, -0.1) is 11.3 Å². The van der Waals surface area contributed by atoms with E-state index in [2.05, 4.69) is 13.0 Å². The Morgan fingerprint density at radius 1 is 1.57 bits per heavy atom. The van der Waals surface area contributed by atoms with Gasteiger partial charge in [0, 0.05) is 9.75 Å². The van der Waals surface area contributed by atoms with Gasteiger partial charge >= 0.3 is 0 Å². The highest BCUT2D eigenvalue weighted by atomic mass is 32.1. The van der Waals surface area contributed by atoms with Crippen molar-refractivity contribution in [3.63, 3.8) is 0 Å². The highest BCUT2D eigenvalue weighted by molar-refractivity contribution is 7.12. The van der Waals surface area contributed by atoms with Gasteiger partial charge in [0.25, 0.3) is 0 Å². The Hall–Kier alpha value is -0.340. The van der Waals surface area contributed by atoms with Crippen LogP contribution in [0.4, 0.5) is 0 Å². The topological polar surface area (TPSA) is 20.2 Å². The number of hydrogen-bond acceptors (Lipinski definition) is 2. The monoisotopic (exact) mass is 208 g/mol. The molecule has 1 aromatic heterocycles. The van der Waals surface area contributed by atoms with E-state index < -0.39 is 5.60 Å². The van der Waals surface area contributed by atoms with Crippen LogP contribution in [-0.2, 0) is 18.4 Å². The van der Waals surface area contributed by atoms with Crippen LogP contribution in [0.25, 0.3) is 0 Å². The Kier molecular flexibility index (Phi) is 1.80. The first-order chi connectivity index (χ1) is 6.74. The van der Waals surface area contributed by atoms with Gasteiger partial charge in [0.1, 0.15) is 5.60 Å². The summed E-state index contributed by atoms with van der Waals surface area (Å²) < 4.78 is 0. The van der Waals surface area contributed by atoms with Gasteiger partial charge in [-0.1, -0.05) is 13.3 Å². The molecule has 0 bridgehead atoms. The number of hydrogen-bond donors (Lipinski definition) is 1. The maximum Gasteiger partial charge on any atom is 0.102 e. The molecular weight excluding hydrogens is 192 g/mol. The standard InChI is InChI=1S/C12H16OS/c1-2-9-7-12(9,13)11-6-8-4-3-5-10(8)14-11/h6,9,13H,2-5,7H2,1H3. The van der Waals surface area contributed by atoms with Gasteiger partial charge in [-0.2, -0.15) is 0 Å². The van der Waals surface area contributed by atoms with Crippen molar-refractivity contribution >= 4 is 11.3 Å². The van der Waals surface area contributed by atoms with E-state index >= 15 is 0 Å². The second-order valence-corrected chi connectivity index (χ2v) is 5.78. The number of thiophene rings is 1. The molecule has 14 heavy (non-hydrogen) atoms. The summed E-state index contributed by atoms with van der Waals surface area (Å²) in [4.78, 5) is 2.78. The zero-order valence-corrected chi connectivity index (χ0v) is 9.36. The lowest BCUT2D eigenvalue weighted by molar-refractivity contribution is 0.134. The highest BCUT2D eigenvalue weighted by Gasteiger charge is 2.54. The maximum absolute atomic E-state index is 10.3. The van der Waals surface area contributed by atoms with E-state index in [0.29, 0.717) is 5.92 Å². The van der Waals surface area contributed by atoms with E-state index in [4.69, 9.17) is 0 Å². The molecule has 1 fully saturated rings. The van der Waals surface area contributed by atoms with Crippen molar-refractivity contribution in [3.05, 3.63) is 21.4 Å². The quantitative estimate of drug-likeness (QED) is 0.792. The molecule has 2 unspecified atom stereocenters. The molecule has 1 nitrogen and oxygen atoms in total. The Bertz CT molecular complexity index is 347. The number of aryl methyl sites for hydroxylation is 2. The van der Waals surface area contributed by atoms with Crippen molar-refractivity contribution in [2.24, 2.45) is 5.92 Å². The van der Waals surface area contributed by atoms with Crippen LogP contribution in [0.1, 0.15) is 41.5 Å². The lowest BCUT2D eigenvalue weighted by Gasteiger charge is -2.06. The first-order valence-corrected chi connectivity index (χ1v) is 6.40.